The van der Waals surface area contributed by atoms with Crippen molar-refractivity contribution < 1.29 is 0 Å². The van der Waals surface area contributed by atoms with Crippen molar-refractivity contribution >= 4 is 39.2 Å². The van der Waals surface area contributed by atoms with Gasteiger partial charge in [0, 0.05) is 11.8 Å². The van der Waals surface area contributed by atoms with Gasteiger partial charge in [-0.3, -0.25) is 0 Å². The van der Waals surface area contributed by atoms with E-state index in [1.54, 1.807) is 6.20 Å². The van der Waals surface area contributed by atoms with Crippen LogP contribution in [-0.2, 0) is 0 Å². The highest BCUT2D eigenvalue weighted by atomic mass is 79.9. The molecular formula is C10H14BrN3S. The number of hydrogen-bond donors (Lipinski definition) is 2. The molecule has 0 aliphatic carbocycles. The Morgan fingerprint density at radius 1 is 1.67 bits per heavy atom. The van der Waals surface area contributed by atoms with Gasteiger partial charge < -0.3 is 11.1 Å². The van der Waals surface area contributed by atoms with Crippen molar-refractivity contribution in [2.75, 3.05) is 23.3 Å². The van der Waals surface area contributed by atoms with Crippen LogP contribution < -0.4 is 11.1 Å². The van der Waals surface area contributed by atoms with Crippen molar-refractivity contribution in [2.24, 2.45) is 0 Å². The minimum atomic E-state index is 0.683. The van der Waals surface area contributed by atoms with E-state index in [0.29, 0.717) is 5.69 Å². The molecule has 3 nitrogen and oxygen atoms in total. The SMILES string of the molecule is Nc1cnc(NCC2CCCS2)c(Br)c1. The molecule has 1 aliphatic rings. The van der Waals surface area contributed by atoms with Gasteiger partial charge in [-0.05, 0) is 40.6 Å². The topological polar surface area (TPSA) is 50.9 Å². The largest absolute Gasteiger partial charge is 0.397 e. The highest BCUT2D eigenvalue weighted by Gasteiger charge is 2.15. The zero-order chi connectivity index (χ0) is 10.7. The van der Waals surface area contributed by atoms with Crippen LogP contribution in [0, 0.1) is 0 Å². The molecule has 1 atom stereocenters. The number of pyridine rings is 1. The molecule has 1 saturated heterocycles. The standard InChI is InChI=1S/C10H14BrN3S/c11-9-4-7(12)5-13-10(9)14-6-8-2-1-3-15-8/h4-5,8H,1-3,6,12H2,(H,13,14). The molecule has 1 aromatic rings. The van der Waals surface area contributed by atoms with Crippen molar-refractivity contribution in [3.05, 3.63) is 16.7 Å². The minimum absolute atomic E-state index is 0.683. The Labute approximate surface area is 102 Å². The van der Waals surface area contributed by atoms with Crippen LogP contribution in [0.2, 0.25) is 0 Å². The van der Waals surface area contributed by atoms with E-state index in [1.807, 2.05) is 17.8 Å². The summed E-state index contributed by atoms with van der Waals surface area (Å²) < 4.78 is 0.936. The fourth-order valence-electron chi connectivity index (χ4n) is 1.60. The maximum atomic E-state index is 5.62. The second kappa shape index (κ2) is 5.07. The van der Waals surface area contributed by atoms with Gasteiger partial charge in [-0.15, -0.1) is 0 Å². The first-order chi connectivity index (χ1) is 7.25. The summed E-state index contributed by atoms with van der Waals surface area (Å²) >= 11 is 5.49. The van der Waals surface area contributed by atoms with Gasteiger partial charge in [0.1, 0.15) is 5.82 Å². The maximum absolute atomic E-state index is 5.62. The number of hydrogen-bond acceptors (Lipinski definition) is 4. The highest BCUT2D eigenvalue weighted by molar-refractivity contribution is 9.10. The molecule has 0 spiro atoms. The lowest BCUT2D eigenvalue weighted by molar-refractivity contribution is 0.803. The van der Waals surface area contributed by atoms with Gasteiger partial charge in [0.05, 0.1) is 16.4 Å². The molecule has 0 amide bonds. The van der Waals surface area contributed by atoms with Crippen LogP contribution in [0.3, 0.4) is 0 Å². The maximum Gasteiger partial charge on any atom is 0.140 e. The lowest BCUT2D eigenvalue weighted by Crippen LogP contribution is -2.14. The third-order valence-corrected chi connectivity index (χ3v) is 4.39. The summed E-state index contributed by atoms with van der Waals surface area (Å²) in [5, 5.41) is 4.08. The Balaban J connectivity index is 1.92. The summed E-state index contributed by atoms with van der Waals surface area (Å²) in [6.07, 6.45) is 4.33. The zero-order valence-electron chi connectivity index (χ0n) is 8.37. The predicted octanol–water partition coefficient (Wildman–Crippen LogP) is 2.73. The number of nitrogens with one attached hydrogen (secondary N) is 1. The normalized spacial score (nSPS) is 20.5. The number of halogens is 1. The molecule has 1 fully saturated rings. The molecule has 1 aromatic heterocycles. The van der Waals surface area contributed by atoms with Crippen LogP contribution in [0.25, 0.3) is 0 Å². The Morgan fingerprint density at radius 2 is 2.53 bits per heavy atom. The first-order valence-corrected chi connectivity index (χ1v) is 6.86. The van der Waals surface area contributed by atoms with Gasteiger partial charge in [0.25, 0.3) is 0 Å². The van der Waals surface area contributed by atoms with Crippen LogP contribution in [-0.4, -0.2) is 22.5 Å². The first-order valence-electron chi connectivity index (χ1n) is 5.02. The van der Waals surface area contributed by atoms with Gasteiger partial charge in [-0.25, -0.2) is 4.98 Å². The molecule has 0 saturated carbocycles. The molecule has 1 unspecified atom stereocenters. The molecule has 3 N–H and O–H groups in total. The van der Waals surface area contributed by atoms with Gasteiger partial charge in [-0.2, -0.15) is 11.8 Å². The number of aromatic nitrogens is 1. The highest BCUT2D eigenvalue weighted by Crippen LogP contribution is 2.27. The molecule has 2 heterocycles. The van der Waals surface area contributed by atoms with Crippen molar-refractivity contribution in [1.29, 1.82) is 0 Å². The van der Waals surface area contributed by atoms with E-state index in [1.165, 1.54) is 18.6 Å². The predicted molar refractivity (Wildman–Crippen MR) is 70.3 cm³/mol. The monoisotopic (exact) mass is 287 g/mol. The average Bonchev–Trinajstić information content (AvgIpc) is 2.69. The smallest absolute Gasteiger partial charge is 0.140 e. The van der Waals surface area contributed by atoms with E-state index in [0.717, 1.165) is 22.1 Å². The van der Waals surface area contributed by atoms with Gasteiger partial charge in [0.2, 0.25) is 0 Å². The van der Waals surface area contributed by atoms with E-state index < -0.39 is 0 Å². The Hall–Kier alpha value is -0.420. The van der Waals surface area contributed by atoms with E-state index >= 15 is 0 Å². The lowest BCUT2D eigenvalue weighted by Gasteiger charge is -2.11. The Kier molecular flexibility index (Phi) is 3.75. The van der Waals surface area contributed by atoms with Gasteiger partial charge in [0.15, 0.2) is 0 Å². The molecular weight excluding hydrogens is 274 g/mol. The summed E-state index contributed by atoms with van der Waals surface area (Å²) in [4.78, 5) is 4.25. The zero-order valence-corrected chi connectivity index (χ0v) is 10.8. The fraction of sp³-hybridized carbons (Fsp3) is 0.500. The number of rotatable bonds is 3. The Morgan fingerprint density at radius 3 is 3.20 bits per heavy atom. The van der Waals surface area contributed by atoms with E-state index in [2.05, 4.69) is 26.2 Å². The molecule has 82 valence electrons. The van der Waals surface area contributed by atoms with Gasteiger partial charge in [-0.1, -0.05) is 0 Å². The summed E-state index contributed by atoms with van der Waals surface area (Å²) in [6.45, 7) is 0.986. The molecule has 1 aliphatic heterocycles. The number of anilines is 2. The third-order valence-electron chi connectivity index (χ3n) is 2.38. The fourth-order valence-corrected chi connectivity index (χ4v) is 3.31. The average molecular weight is 288 g/mol. The van der Waals surface area contributed by atoms with Crippen molar-refractivity contribution in [1.82, 2.24) is 4.98 Å². The van der Waals surface area contributed by atoms with Crippen LogP contribution in [0.1, 0.15) is 12.8 Å². The van der Waals surface area contributed by atoms with Crippen LogP contribution in [0.4, 0.5) is 11.5 Å². The molecule has 0 bridgehead atoms. The van der Waals surface area contributed by atoms with Crippen LogP contribution >= 0.6 is 27.7 Å². The van der Waals surface area contributed by atoms with Gasteiger partial charge >= 0.3 is 0 Å². The summed E-state index contributed by atoms with van der Waals surface area (Å²) in [5.74, 6) is 2.18. The summed E-state index contributed by atoms with van der Waals surface area (Å²) in [5.41, 5.74) is 6.30. The molecule has 5 heteroatoms. The second-order valence-electron chi connectivity index (χ2n) is 3.62. The molecule has 15 heavy (non-hydrogen) atoms. The number of nitrogens with two attached hydrogens (primary N) is 1. The summed E-state index contributed by atoms with van der Waals surface area (Å²) in [7, 11) is 0. The first kappa shape index (κ1) is 11.1. The third kappa shape index (κ3) is 3.01. The lowest BCUT2D eigenvalue weighted by atomic mass is 10.2. The van der Waals surface area contributed by atoms with E-state index in [4.69, 9.17) is 5.73 Å². The van der Waals surface area contributed by atoms with Crippen molar-refractivity contribution in [2.45, 2.75) is 18.1 Å². The molecule has 2 rings (SSSR count). The molecule has 0 aromatic carbocycles. The Bertz CT molecular complexity index is 339. The van der Waals surface area contributed by atoms with Crippen LogP contribution in [0.15, 0.2) is 16.7 Å². The summed E-state index contributed by atoms with van der Waals surface area (Å²) in [6, 6.07) is 1.87. The van der Waals surface area contributed by atoms with Crippen molar-refractivity contribution in [3.8, 4) is 0 Å². The number of nitrogens with zero attached hydrogens (tertiary/aromatic N) is 1. The van der Waals surface area contributed by atoms with E-state index in [-0.39, 0.29) is 0 Å². The van der Waals surface area contributed by atoms with E-state index in [9.17, 15) is 0 Å². The van der Waals surface area contributed by atoms with Crippen molar-refractivity contribution in [3.63, 3.8) is 0 Å². The number of thioether (sulfide) groups is 1. The quantitative estimate of drug-likeness (QED) is 0.898. The number of nitrogen functional groups attached to an aromatic ring is 1. The van der Waals surface area contributed by atoms with Crippen LogP contribution in [0.5, 0.6) is 0 Å². The minimum Gasteiger partial charge on any atom is -0.397 e. The molecule has 0 radical (unpaired) electrons. The second-order valence-corrected chi connectivity index (χ2v) is 5.88.